The molecule has 1 aromatic heterocycles. The number of aromatic hydroxyl groups is 3. The number of hydrogen-bond acceptors (Lipinski definition) is 5. The SMILES string of the molecule is [CH3][Al]/[C](=C\c1ccc2ccc(C(=O)O)c(O)c2n1)c1ccc(O)c(O)c1. The van der Waals surface area contributed by atoms with Gasteiger partial charge in [-0.2, -0.15) is 0 Å². The zero-order chi connectivity index (χ0) is 18.8. The summed E-state index contributed by atoms with van der Waals surface area (Å²) in [4.78, 5) is 15.6. The molecule has 129 valence electrons. The topological polar surface area (TPSA) is 111 Å². The molecule has 0 fully saturated rings. The van der Waals surface area contributed by atoms with Crippen LogP contribution in [0.1, 0.15) is 21.6 Å². The number of benzene rings is 2. The Morgan fingerprint density at radius 2 is 1.77 bits per heavy atom. The Morgan fingerprint density at radius 3 is 2.42 bits per heavy atom. The minimum atomic E-state index is -1.22. The lowest BCUT2D eigenvalue weighted by Crippen LogP contribution is -1.98. The number of phenolic OH excluding ortho intramolecular Hbond substituents is 2. The molecule has 4 N–H and O–H groups in total. The Hall–Kier alpha value is -3.01. The fraction of sp³-hybridized carbons (Fsp3) is 0.0526. The summed E-state index contributed by atoms with van der Waals surface area (Å²) in [6, 6.07) is 11.1. The van der Waals surface area contributed by atoms with Gasteiger partial charge in [-0.25, -0.2) is 9.78 Å². The number of carboxylic acids is 1. The van der Waals surface area contributed by atoms with Gasteiger partial charge in [0.1, 0.15) is 11.1 Å². The maximum Gasteiger partial charge on any atom is 0.339 e. The highest BCUT2D eigenvalue weighted by atomic mass is 27.1. The molecule has 3 aromatic rings. The van der Waals surface area contributed by atoms with Crippen molar-refractivity contribution in [1.29, 1.82) is 0 Å². The van der Waals surface area contributed by atoms with Crippen molar-refractivity contribution in [3.63, 3.8) is 0 Å². The van der Waals surface area contributed by atoms with Crippen LogP contribution in [0.5, 0.6) is 17.2 Å². The van der Waals surface area contributed by atoms with Crippen LogP contribution in [0.15, 0.2) is 42.5 Å². The van der Waals surface area contributed by atoms with E-state index in [9.17, 15) is 20.1 Å². The van der Waals surface area contributed by atoms with Crippen LogP contribution >= 0.6 is 0 Å². The van der Waals surface area contributed by atoms with Crippen molar-refractivity contribution in [2.75, 3.05) is 0 Å². The largest absolute Gasteiger partial charge is 0.505 e. The third kappa shape index (κ3) is 3.36. The van der Waals surface area contributed by atoms with Crippen molar-refractivity contribution in [1.82, 2.24) is 4.98 Å². The molecule has 0 aliphatic rings. The number of aromatic nitrogens is 1. The number of carboxylic acid groups (broad SMARTS) is 1. The second-order valence-electron chi connectivity index (χ2n) is 5.67. The summed E-state index contributed by atoms with van der Waals surface area (Å²) in [5.41, 5.74) is 1.35. The van der Waals surface area contributed by atoms with Crippen molar-refractivity contribution in [3.05, 3.63) is 59.3 Å². The summed E-state index contributed by atoms with van der Waals surface area (Å²) in [6.07, 6.45) is 1.83. The Kier molecular flexibility index (Phi) is 4.85. The van der Waals surface area contributed by atoms with Crippen LogP contribution in [0.25, 0.3) is 21.4 Å². The zero-order valence-corrected chi connectivity index (χ0v) is 15.0. The average molecular weight is 364 g/mol. The number of aromatic carboxylic acids is 1. The van der Waals surface area contributed by atoms with Crippen LogP contribution in [-0.2, 0) is 0 Å². The lowest BCUT2D eigenvalue weighted by Gasteiger charge is -2.08. The number of phenols is 3. The standard InChI is InChI=1S/C18H12NO5.CH3.Al/c20-14-8-2-10(9-15(14)21)1-5-12-6-3-11-4-7-13(18(23)24)17(22)16(11)19-12;;/h2-9,20-22H,(H,23,24);1H3;. The van der Waals surface area contributed by atoms with Crippen LogP contribution in [0, 0.1) is 0 Å². The van der Waals surface area contributed by atoms with Gasteiger partial charge in [-0.05, 0) is 35.9 Å². The van der Waals surface area contributed by atoms with Crippen LogP contribution in [-0.4, -0.2) is 46.6 Å². The predicted molar refractivity (Wildman–Crippen MR) is 99.6 cm³/mol. The lowest BCUT2D eigenvalue weighted by molar-refractivity contribution is 0.0694. The third-order valence-corrected chi connectivity index (χ3v) is 5.13. The van der Waals surface area contributed by atoms with E-state index in [1.165, 1.54) is 18.2 Å². The first kappa shape index (κ1) is 17.8. The zero-order valence-electron chi connectivity index (χ0n) is 13.8. The molecular weight excluding hydrogens is 349 g/mol. The molecule has 0 spiro atoms. The highest BCUT2D eigenvalue weighted by molar-refractivity contribution is 6.61. The molecule has 2 aromatic carbocycles. The Labute approximate surface area is 155 Å². The number of rotatable bonds is 4. The molecule has 0 atom stereocenters. The molecular formula is C19H15AlNO5. The molecule has 3 rings (SSSR count). The van der Waals surface area contributed by atoms with Gasteiger partial charge in [0.2, 0.25) is 15.2 Å². The molecule has 1 heterocycles. The minimum Gasteiger partial charge on any atom is -0.505 e. The van der Waals surface area contributed by atoms with Crippen molar-refractivity contribution in [2.45, 2.75) is 5.79 Å². The monoisotopic (exact) mass is 364 g/mol. The molecule has 1 radical (unpaired) electrons. The van der Waals surface area contributed by atoms with Gasteiger partial charge in [0.25, 0.3) is 0 Å². The summed E-state index contributed by atoms with van der Waals surface area (Å²) in [5, 5.41) is 39.1. The average Bonchev–Trinajstić information content (AvgIpc) is 2.62. The van der Waals surface area contributed by atoms with E-state index in [1.54, 1.807) is 24.3 Å². The molecule has 0 amide bonds. The smallest absolute Gasteiger partial charge is 0.339 e. The molecule has 0 aliphatic carbocycles. The van der Waals surface area contributed by atoms with Crippen molar-refractivity contribution < 1.29 is 25.2 Å². The second-order valence-corrected chi connectivity index (χ2v) is 6.87. The highest BCUT2D eigenvalue weighted by Gasteiger charge is 2.14. The van der Waals surface area contributed by atoms with Gasteiger partial charge in [0, 0.05) is 5.39 Å². The summed E-state index contributed by atoms with van der Waals surface area (Å²) in [6.45, 7) is 0. The molecule has 0 bridgehead atoms. The molecule has 7 heteroatoms. The van der Waals surface area contributed by atoms with Gasteiger partial charge in [0.15, 0.2) is 17.2 Å². The maximum absolute atomic E-state index is 11.2. The maximum atomic E-state index is 11.2. The van der Waals surface area contributed by atoms with Gasteiger partial charge < -0.3 is 20.4 Å². The number of fused-ring (bicyclic) bond motifs is 1. The molecule has 0 aliphatic heterocycles. The van der Waals surface area contributed by atoms with Crippen LogP contribution in [0.2, 0.25) is 5.79 Å². The second kappa shape index (κ2) is 7.08. The molecule has 0 unspecified atom stereocenters. The van der Waals surface area contributed by atoms with Crippen LogP contribution in [0.3, 0.4) is 0 Å². The predicted octanol–water partition coefficient (Wildman–Crippen LogP) is 3.30. The summed E-state index contributed by atoms with van der Waals surface area (Å²) in [5.74, 6) is 0.0607. The molecule has 0 saturated heterocycles. The Bertz CT molecular complexity index is 1050. The summed E-state index contributed by atoms with van der Waals surface area (Å²) < 4.78 is 0.945. The summed E-state index contributed by atoms with van der Waals surface area (Å²) >= 11 is -0.134. The first-order valence-corrected chi connectivity index (χ1v) is 9.53. The van der Waals surface area contributed by atoms with E-state index in [-0.39, 0.29) is 43.5 Å². The Morgan fingerprint density at radius 1 is 1.04 bits per heavy atom. The quantitative estimate of drug-likeness (QED) is 0.418. The van der Waals surface area contributed by atoms with E-state index >= 15 is 0 Å². The van der Waals surface area contributed by atoms with E-state index in [1.807, 2.05) is 11.9 Å². The molecule has 6 nitrogen and oxygen atoms in total. The van der Waals surface area contributed by atoms with E-state index in [4.69, 9.17) is 5.11 Å². The van der Waals surface area contributed by atoms with E-state index in [0.717, 1.165) is 10.00 Å². The molecule has 0 saturated carbocycles. The van der Waals surface area contributed by atoms with E-state index in [2.05, 4.69) is 4.98 Å². The first-order valence-electron chi connectivity index (χ1n) is 7.80. The van der Waals surface area contributed by atoms with Gasteiger partial charge >= 0.3 is 5.97 Å². The van der Waals surface area contributed by atoms with E-state index in [0.29, 0.717) is 11.1 Å². The highest BCUT2D eigenvalue weighted by Crippen LogP contribution is 2.30. The van der Waals surface area contributed by atoms with Crippen LogP contribution in [0.4, 0.5) is 0 Å². The number of pyridine rings is 1. The third-order valence-electron chi connectivity index (χ3n) is 4.01. The Balaban J connectivity index is 2.11. The number of hydrogen-bond donors (Lipinski definition) is 4. The summed E-state index contributed by atoms with van der Waals surface area (Å²) in [7, 11) is 0. The van der Waals surface area contributed by atoms with Crippen LogP contribution < -0.4 is 0 Å². The van der Waals surface area contributed by atoms with Gasteiger partial charge in [0.05, 0.1) is 5.69 Å². The minimum absolute atomic E-state index is 0.134. The van der Waals surface area contributed by atoms with Crippen molar-refractivity contribution in [3.8, 4) is 17.2 Å². The van der Waals surface area contributed by atoms with E-state index < -0.39 is 5.97 Å². The van der Waals surface area contributed by atoms with Gasteiger partial charge in [-0.3, -0.25) is 0 Å². The fourth-order valence-electron chi connectivity index (χ4n) is 2.64. The first-order chi connectivity index (χ1) is 12.4. The lowest BCUT2D eigenvalue weighted by atomic mass is 10.1. The fourth-order valence-corrected chi connectivity index (χ4v) is 3.49. The normalized spacial score (nSPS) is 11.5. The number of carbonyl (C=O) groups is 1. The van der Waals surface area contributed by atoms with Crippen molar-refractivity contribution in [2.24, 2.45) is 0 Å². The van der Waals surface area contributed by atoms with Crippen molar-refractivity contribution >= 4 is 42.6 Å². The van der Waals surface area contributed by atoms with Gasteiger partial charge in [-0.15, -0.1) is 10.2 Å². The van der Waals surface area contributed by atoms with Gasteiger partial charge in [-0.1, -0.05) is 18.2 Å². The number of nitrogens with zero attached hydrogens (tertiary/aromatic N) is 1. The molecule has 26 heavy (non-hydrogen) atoms.